The van der Waals surface area contributed by atoms with Gasteiger partial charge < -0.3 is 5.11 Å². The number of hydrogen-bond acceptors (Lipinski definition) is 3. The summed E-state index contributed by atoms with van der Waals surface area (Å²) >= 11 is 0. The molecule has 1 saturated heterocycles. The van der Waals surface area contributed by atoms with Gasteiger partial charge in [-0.3, -0.25) is 14.5 Å². The van der Waals surface area contributed by atoms with Gasteiger partial charge in [-0.05, 0) is 23.8 Å². The zero-order valence-electron chi connectivity index (χ0n) is 12.7. The van der Waals surface area contributed by atoms with Crippen LogP contribution in [0.25, 0.3) is 0 Å². The van der Waals surface area contributed by atoms with Gasteiger partial charge in [-0.1, -0.05) is 44.2 Å². The topological polar surface area (TPSA) is 57.6 Å². The van der Waals surface area contributed by atoms with Gasteiger partial charge in [0.1, 0.15) is 0 Å². The minimum Gasteiger partial charge on any atom is -0.396 e. The molecule has 0 saturated carbocycles. The van der Waals surface area contributed by atoms with E-state index in [1.165, 1.54) is 4.90 Å². The normalized spacial score (nSPS) is 19.4. The standard InChI is InChI=1S/C17H23NO3/c1-17(2,9-6-10-19)12-18-15(20)11-14(16(18)21)13-7-4-3-5-8-13/h3-5,7-8,14,19H,6,9-12H2,1-2H3. The van der Waals surface area contributed by atoms with E-state index in [-0.39, 0.29) is 36.2 Å². The number of benzene rings is 1. The molecule has 0 radical (unpaired) electrons. The van der Waals surface area contributed by atoms with Crippen molar-refractivity contribution in [1.29, 1.82) is 0 Å². The van der Waals surface area contributed by atoms with E-state index in [0.717, 1.165) is 12.0 Å². The number of likely N-dealkylation sites (tertiary alicyclic amines) is 1. The fourth-order valence-electron chi connectivity index (χ4n) is 2.86. The van der Waals surface area contributed by atoms with Gasteiger partial charge in [-0.25, -0.2) is 0 Å². The van der Waals surface area contributed by atoms with Crippen molar-refractivity contribution in [1.82, 2.24) is 4.90 Å². The maximum absolute atomic E-state index is 12.5. The van der Waals surface area contributed by atoms with Crippen LogP contribution in [0.4, 0.5) is 0 Å². The van der Waals surface area contributed by atoms with Crippen LogP contribution in [0.1, 0.15) is 44.6 Å². The molecule has 1 fully saturated rings. The lowest BCUT2D eigenvalue weighted by Gasteiger charge is -2.29. The van der Waals surface area contributed by atoms with Crippen molar-refractivity contribution >= 4 is 11.8 Å². The summed E-state index contributed by atoms with van der Waals surface area (Å²) < 4.78 is 0. The summed E-state index contributed by atoms with van der Waals surface area (Å²) in [6.07, 6.45) is 1.74. The summed E-state index contributed by atoms with van der Waals surface area (Å²) in [6.45, 7) is 4.62. The first kappa shape index (κ1) is 15.7. The third-order valence-electron chi connectivity index (χ3n) is 4.04. The first-order valence-electron chi connectivity index (χ1n) is 7.44. The highest BCUT2D eigenvalue weighted by Gasteiger charge is 2.41. The number of rotatable bonds is 6. The number of aliphatic hydroxyl groups excluding tert-OH is 1. The molecule has 21 heavy (non-hydrogen) atoms. The van der Waals surface area contributed by atoms with E-state index in [1.807, 2.05) is 44.2 Å². The summed E-state index contributed by atoms with van der Waals surface area (Å²) in [5, 5.41) is 8.94. The molecule has 4 heteroatoms. The Bertz CT molecular complexity index is 510. The van der Waals surface area contributed by atoms with Gasteiger partial charge in [-0.2, -0.15) is 0 Å². The van der Waals surface area contributed by atoms with E-state index in [4.69, 9.17) is 5.11 Å². The number of amides is 2. The second kappa shape index (κ2) is 6.39. The van der Waals surface area contributed by atoms with Crippen LogP contribution in [0.15, 0.2) is 30.3 Å². The molecule has 1 aromatic carbocycles. The average molecular weight is 289 g/mol. The minimum atomic E-state index is -0.340. The predicted octanol–water partition coefficient (Wildman–Crippen LogP) is 2.33. The van der Waals surface area contributed by atoms with Gasteiger partial charge in [-0.15, -0.1) is 0 Å². The van der Waals surface area contributed by atoms with Crippen molar-refractivity contribution in [3.8, 4) is 0 Å². The Morgan fingerprint density at radius 2 is 1.90 bits per heavy atom. The minimum absolute atomic E-state index is 0.0917. The molecule has 0 bridgehead atoms. The van der Waals surface area contributed by atoms with Gasteiger partial charge in [0.15, 0.2) is 0 Å². The highest BCUT2D eigenvalue weighted by Crippen LogP contribution is 2.33. The van der Waals surface area contributed by atoms with Crippen LogP contribution in [-0.4, -0.2) is 35.0 Å². The molecular weight excluding hydrogens is 266 g/mol. The molecule has 114 valence electrons. The third kappa shape index (κ3) is 3.70. The molecule has 1 N–H and O–H groups in total. The van der Waals surface area contributed by atoms with Crippen molar-refractivity contribution in [3.63, 3.8) is 0 Å². The molecule has 2 rings (SSSR count). The third-order valence-corrected chi connectivity index (χ3v) is 4.04. The molecule has 1 unspecified atom stereocenters. The number of nitrogens with zero attached hydrogens (tertiary/aromatic N) is 1. The summed E-state index contributed by atoms with van der Waals surface area (Å²) in [5.74, 6) is -0.526. The number of carbonyl (C=O) groups is 2. The fraction of sp³-hybridized carbons (Fsp3) is 0.529. The molecule has 4 nitrogen and oxygen atoms in total. The van der Waals surface area contributed by atoms with Crippen LogP contribution in [0.5, 0.6) is 0 Å². The molecule has 1 atom stereocenters. The second-order valence-corrected chi connectivity index (χ2v) is 6.48. The smallest absolute Gasteiger partial charge is 0.237 e. The van der Waals surface area contributed by atoms with E-state index < -0.39 is 0 Å². The monoisotopic (exact) mass is 289 g/mol. The van der Waals surface area contributed by atoms with Crippen LogP contribution < -0.4 is 0 Å². The van der Waals surface area contributed by atoms with E-state index >= 15 is 0 Å². The lowest BCUT2D eigenvalue weighted by atomic mass is 9.87. The average Bonchev–Trinajstić information content (AvgIpc) is 2.74. The van der Waals surface area contributed by atoms with E-state index in [0.29, 0.717) is 13.0 Å². The Hall–Kier alpha value is -1.68. The van der Waals surface area contributed by atoms with E-state index in [1.54, 1.807) is 0 Å². The maximum Gasteiger partial charge on any atom is 0.237 e. The van der Waals surface area contributed by atoms with Crippen LogP contribution in [0.2, 0.25) is 0 Å². The lowest BCUT2D eigenvalue weighted by Crippen LogP contribution is -2.38. The lowest BCUT2D eigenvalue weighted by molar-refractivity contribution is -0.140. The molecule has 1 aliphatic rings. The van der Waals surface area contributed by atoms with Crippen LogP contribution in [0, 0.1) is 5.41 Å². The van der Waals surface area contributed by atoms with Crippen molar-refractivity contribution in [2.75, 3.05) is 13.2 Å². The fourth-order valence-corrected chi connectivity index (χ4v) is 2.86. The Labute approximate surface area is 125 Å². The molecular formula is C17H23NO3. The second-order valence-electron chi connectivity index (χ2n) is 6.48. The highest BCUT2D eigenvalue weighted by molar-refractivity contribution is 6.06. The molecule has 1 heterocycles. The zero-order chi connectivity index (χ0) is 15.5. The quantitative estimate of drug-likeness (QED) is 0.818. The zero-order valence-corrected chi connectivity index (χ0v) is 12.7. The Morgan fingerprint density at radius 3 is 2.52 bits per heavy atom. The first-order chi connectivity index (χ1) is 9.94. The number of aliphatic hydroxyl groups is 1. The molecule has 0 aliphatic carbocycles. The summed E-state index contributed by atoms with van der Waals surface area (Å²) in [7, 11) is 0. The van der Waals surface area contributed by atoms with Gasteiger partial charge in [0.25, 0.3) is 0 Å². The van der Waals surface area contributed by atoms with Crippen molar-refractivity contribution in [3.05, 3.63) is 35.9 Å². The Kier molecular flexibility index (Phi) is 4.78. The highest BCUT2D eigenvalue weighted by atomic mass is 16.3. The van der Waals surface area contributed by atoms with Crippen LogP contribution >= 0.6 is 0 Å². The summed E-state index contributed by atoms with van der Waals surface area (Å²) in [6, 6.07) is 9.48. The number of imide groups is 1. The van der Waals surface area contributed by atoms with Crippen LogP contribution in [0.3, 0.4) is 0 Å². The van der Waals surface area contributed by atoms with Crippen molar-refractivity contribution < 1.29 is 14.7 Å². The van der Waals surface area contributed by atoms with E-state index in [9.17, 15) is 9.59 Å². The molecule has 2 amide bonds. The SMILES string of the molecule is CC(C)(CCCO)CN1C(=O)CC(c2ccccc2)C1=O. The molecule has 0 spiro atoms. The number of hydrogen-bond donors (Lipinski definition) is 1. The van der Waals surface area contributed by atoms with E-state index in [2.05, 4.69) is 0 Å². The van der Waals surface area contributed by atoms with Gasteiger partial charge >= 0.3 is 0 Å². The van der Waals surface area contributed by atoms with Crippen molar-refractivity contribution in [2.24, 2.45) is 5.41 Å². The summed E-state index contributed by atoms with van der Waals surface area (Å²) in [4.78, 5) is 26.1. The van der Waals surface area contributed by atoms with Crippen LogP contribution in [-0.2, 0) is 9.59 Å². The summed E-state index contributed by atoms with van der Waals surface area (Å²) in [5.41, 5.74) is 0.742. The van der Waals surface area contributed by atoms with Gasteiger partial charge in [0.2, 0.25) is 11.8 Å². The predicted molar refractivity (Wildman–Crippen MR) is 80.6 cm³/mol. The Morgan fingerprint density at radius 1 is 1.24 bits per heavy atom. The molecule has 0 aromatic heterocycles. The first-order valence-corrected chi connectivity index (χ1v) is 7.44. The largest absolute Gasteiger partial charge is 0.396 e. The molecule has 1 aromatic rings. The van der Waals surface area contributed by atoms with Crippen molar-refractivity contribution in [2.45, 2.75) is 39.0 Å². The Balaban J connectivity index is 2.09. The number of carbonyl (C=O) groups excluding carboxylic acids is 2. The van der Waals surface area contributed by atoms with Gasteiger partial charge in [0.05, 0.1) is 5.92 Å². The maximum atomic E-state index is 12.5. The molecule has 1 aliphatic heterocycles. The van der Waals surface area contributed by atoms with Gasteiger partial charge in [0, 0.05) is 19.6 Å².